The number of thiophene rings is 1. The number of para-hydroxylation sites is 1. The van der Waals surface area contributed by atoms with Crippen molar-refractivity contribution < 1.29 is 0 Å². The zero-order valence-corrected chi connectivity index (χ0v) is 32.0. The predicted octanol–water partition coefficient (Wildman–Crippen LogP) is 15.2. The van der Waals surface area contributed by atoms with Crippen molar-refractivity contribution in [3.8, 4) is 33.4 Å². The van der Waals surface area contributed by atoms with Crippen LogP contribution < -0.4 is 4.90 Å². The number of benzene rings is 9. The number of fused-ring (bicyclic) bond motifs is 6. The fourth-order valence-corrected chi connectivity index (χ4v) is 10.5. The highest BCUT2D eigenvalue weighted by Gasteiger charge is 2.47. The summed E-state index contributed by atoms with van der Waals surface area (Å²) in [5.41, 5.74) is 15.6. The molecular weight excluding hydrogens is 707 g/mol. The Morgan fingerprint density at radius 1 is 0.333 bits per heavy atom. The second kappa shape index (κ2) is 13.6. The van der Waals surface area contributed by atoms with Gasteiger partial charge in [0.15, 0.2) is 0 Å². The fourth-order valence-electron chi connectivity index (χ4n) is 9.26. The molecule has 268 valence electrons. The molecule has 0 amide bonds. The number of hydrogen-bond donors (Lipinski definition) is 0. The van der Waals surface area contributed by atoms with Crippen LogP contribution in [0.1, 0.15) is 22.3 Å². The van der Waals surface area contributed by atoms with Gasteiger partial charge >= 0.3 is 0 Å². The standard InChI is InChI=1S/C55H37NS/c1-5-18-38(19-6-1)40-34-41(39-20-7-2-8-21-39)36-45(35-40)56(43-24-11-4-12-25-43)44-32-33-53-49(37-44)48-28-17-31-52(54(48)57-53)55(42-22-9-3-10-23-42)50-29-15-13-26-46(50)47-27-14-16-30-51(47)55/h1-37H. The number of anilines is 3. The summed E-state index contributed by atoms with van der Waals surface area (Å²) in [4.78, 5) is 2.42. The van der Waals surface area contributed by atoms with Crippen LogP contribution in [0.3, 0.4) is 0 Å². The van der Waals surface area contributed by atoms with Crippen LogP contribution in [-0.2, 0) is 5.41 Å². The quantitative estimate of drug-likeness (QED) is 0.157. The molecule has 0 aliphatic heterocycles. The summed E-state index contributed by atoms with van der Waals surface area (Å²) in [6, 6.07) is 82.4. The van der Waals surface area contributed by atoms with Gasteiger partial charge in [0.2, 0.25) is 0 Å². The van der Waals surface area contributed by atoms with E-state index in [1.807, 2.05) is 11.3 Å². The van der Waals surface area contributed by atoms with Crippen molar-refractivity contribution in [3.05, 3.63) is 247 Å². The molecule has 0 unspecified atom stereocenters. The van der Waals surface area contributed by atoms with Crippen molar-refractivity contribution in [2.75, 3.05) is 4.90 Å². The van der Waals surface area contributed by atoms with Gasteiger partial charge in [-0.1, -0.05) is 176 Å². The van der Waals surface area contributed by atoms with E-state index in [0.717, 1.165) is 17.1 Å². The zero-order chi connectivity index (χ0) is 37.8. The molecule has 0 saturated heterocycles. The van der Waals surface area contributed by atoms with Gasteiger partial charge in [0.1, 0.15) is 0 Å². The first-order valence-corrected chi connectivity index (χ1v) is 20.4. The summed E-state index contributed by atoms with van der Waals surface area (Å²) in [6.07, 6.45) is 0. The third kappa shape index (κ3) is 5.37. The van der Waals surface area contributed by atoms with E-state index in [-0.39, 0.29) is 0 Å². The molecule has 0 N–H and O–H groups in total. The molecule has 10 aromatic rings. The molecule has 0 bridgehead atoms. The molecule has 0 saturated carbocycles. The number of rotatable bonds is 7. The van der Waals surface area contributed by atoms with E-state index in [1.165, 1.54) is 75.8 Å². The topological polar surface area (TPSA) is 3.24 Å². The van der Waals surface area contributed by atoms with Crippen LogP contribution in [0.2, 0.25) is 0 Å². The van der Waals surface area contributed by atoms with E-state index in [2.05, 4.69) is 229 Å². The lowest BCUT2D eigenvalue weighted by atomic mass is 9.67. The molecule has 1 aliphatic rings. The van der Waals surface area contributed by atoms with Gasteiger partial charge in [-0.05, 0) is 104 Å². The fraction of sp³-hybridized carbons (Fsp3) is 0.0182. The van der Waals surface area contributed by atoms with Gasteiger partial charge in [-0.3, -0.25) is 0 Å². The van der Waals surface area contributed by atoms with Crippen molar-refractivity contribution in [1.82, 2.24) is 0 Å². The first-order chi connectivity index (χ1) is 28.3. The Hall–Kier alpha value is -7.00. The van der Waals surface area contributed by atoms with E-state index in [0.29, 0.717) is 0 Å². The maximum Gasteiger partial charge on any atom is 0.0727 e. The van der Waals surface area contributed by atoms with Crippen molar-refractivity contribution in [2.45, 2.75) is 5.41 Å². The molecule has 1 aliphatic carbocycles. The lowest BCUT2D eigenvalue weighted by Crippen LogP contribution is -2.28. The third-order valence-electron chi connectivity index (χ3n) is 11.7. The van der Waals surface area contributed by atoms with Crippen LogP contribution in [0.4, 0.5) is 17.1 Å². The van der Waals surface area contributed by atoms with Crippen LogP contribution in [-0.4, -0.2) is 0 Å². The minimum absolute atomic E-state index is 0.459. The lowest BCUT2D eigenvalue weighted by Gasteiger charge is -2.34. The monoisotopic (exact) mass is 743 g/mol. The molecule has 0 fully saturated rings. The van der Waals surface area contributed by atoms with Crippen molar-refractivity contribution in [3.63, 3.8) is 0 Å². The molecular formula is C55H37NS. The van der Waals surface area contributed by atoms with Gasteiger partial charge in [0.05, 0.1) is 5.41 Å². The molecule has 2 heteroatoms. The summed E-state index contributed by atoms with van der Waals surface area (Å²) in [5.74, 6) is 0. The number of nitrogens with zero attached hydrogens (tertiary/aromatic N) is 1. The molecule has 1 heterocycles. The maximum absolute atomic E-state index is 2.42. The molecule has 1 nitrogen and oxygen atoms in total. The van der Waals surface area contributed by atoms with E-state index in [4.69, 9.17) is 0 Å². The second-order valence-electron chi connectivity index (χ2n) is 14.8. The van der Waals surface area contributed by atoms with E-state index in [1.54, 1.807) is 0 Å². The molecule has 57 heavy (non-hydrogen) atoms. The van der Waals surface area contributed by atoms with Gasteiger partial charge < -0.3 is 4.90 Å². The van der Waals surface area contributed by atoms with Crippen molar-refractivity contribution in [1.29, 1.82) is 0 Å². The Morgan fingerprint density at radius 2 is 0.860 bits per heavy atom. The van der Waals surface area contributed by atoms with Gasteiger partial charge in [-0.25, -0.2) is 0 Å². The Labute approximate surface area is 337 Å². The summed E-state index contributed by atoms with van der Waals surface area (Å²) in [5, 5.41) is 2.54. The lowest BCUT2D eigenvalue weighted by molar-refractivity contribution is 0.778. The summed E-state index contributed by atoms with van der Waals surface area (Å²) >= 11 is 1.91. The average molecular weight is 744 g/mol. The molecule has 0 radical (unpaired) electrons. The van der Waals surface area contributed by atoms with Gasteiger partial charge in [0.25, 0.3) is 0 Å². The normalized spacial score (nSPS) is 12.7. The highest BCUT2D eigenvalue weighted by atomic mass is 32.1. The Balaban J connectivity index is 1.15. The van der Waals surface area contributed by atoms with Gasteiger partial charge in [-0.2, -0.15) is 0 Å². The second-order valence-corrected chi connectivity index (χ2v) is 15.9. The Kier molecular flexibility index (Phi) is 7.98. The highest BCUT2D eigenvalue weighted by Crippen LogP contribution is 2.58. The minimum Gasteiger partial charge on any atom is -0.310 e. The van der Waals surface area contributed by atoms with E-state index in [9.17, 15) is 0 Å². The molecule has 11 rings (SSSR count). The van der Waals surface area contributed by atoms with Crippen LogP contribution in [0, 0.1) is 0 Å². The molecule has 1 aromatic heterocycles. The van der Waals surface area contributed by atoms with Crippen LogP contribution in [0.5, 0.6) is 0 Å². The predicted molar refractivity (Wildman–Crippen MR) is 242 cm³/mol. The third-order valence-corrected chi connectivity index (χ3v) is 12.9. The molecule has 0 spiro atoms. The van der Waals surface area contributed by atoms with Gasteiger partial charge in [0, 0.05) is 37.2 Å². The Morgan fingerprint density at radius 3 is 1.47 bits per heavy atom. The van der Waals surface area contributed by atoms with Crippen LogP contribution >= 0.6 is 11.3 Å². The Bertz CT molecular complexity index is 2950. The van der Waals surface area contributed by atoms with Crippen molar-refractivity contribution >= 4 is 48.6 Å². The SMILES string of the molecule is c1ccc(-c2cc(-c3ccccc3)cc(N(c3ccccc3)c3ccc4sc5c(C6(c7ccccc7)c7ccccc7-c7ccccc76)cccc5c4c3)c2)cc1. The van der Waals surface area contributed by atoms with Crippen molar-refractivity contribution in [2.24, 2.45) is 0 Å². The first kappa shape index (κ1) is 33.3. The largest absolute Gasteiger partial charge is 0.310 e. The molecule has 9 aromatic carbocycles. The maximum atomic E-state index is 2.42. The average Bonchev–Trinajstić information content (AvgIpc) is 3.81. The van der Waals surface area contributed by atoms with E-state index >= 15 is 0 Å². The van der Waals surface area contributed by atoms with Crippen LogP contribution in [0.15, 0.2) is 224 Å². The number of hydrogen-bond acceptors (Lipinski definition) is 2. The first-order valence-electron chi connectivity index (χ1n) is 19.6. The summed E-state index contributed by atoms with van der Waals surface area (Å²) < 4.78 is 2.60. The summed E-state index contributed by atoms with van der Waals surface area (Å²) in [7, 11) is 0. The molecule has 0 atom stereocenters. The zero-order valence-electron chi connectivity index (χ0n) is 31.2. The highest BCUT2D eigenvalue weighted by molar-refractivity contribution is 7.26. The smallest absolute Gasteiger partial charge is 0.0727 e. The van der Waals surface area contributed by atoms with E-state index < -0.39 is 5.41 Å². The minimum atomic E-state index is -0.459. The van der Waals surface area contributed by atoms with Crippen LogP contribution in [0.25, 0.3) is 53.6 Å². The summed E-state index contributed by atoms with van der Waals surface area (Å²) in [6.45, 7) is 0. The van der Waals surface area contributed by atoms with Gasteiger partial charge in [-0.15, -0.1) is 11.3 Å².